The van der Waals surface area contributed by atoms with Crippen LogP contribution in [0.4, 0.5) is 4.79 Å². The highest BCUT2D eigenvalue weighted by Gasteiger charge is 2.26. The molecule has 0 bridgehead atoms. The lowest BCUT2D eigenvalue weighted by molar-refractivity contribution is -0.140. The van der Waals surface area contributed by atoms with Gasteiger partial charge >= 0.3 is 12.0 Å². The molecule has 1 aliphatic heterocycles. The van der Waals surface area contributed by atoms with Crippen LogP contribution in [0.15, 0.2) is 0 Å². The Hall–Kier alpha value is -2.32. The Morgan fingerprint density at radius 3 is 2.24 bits per heavy atom. The number of likely N-dealkylation sites (tertiary alicyclic amines) is 1. The lowest BCUT2D eigenvalue weighted by Crippen LogP contribution is -2.53. The third-order valence-corrected chi connectivity index (χ3v) is 3.14. The fraction of sp³-hybridized carbons (Fsp3) is 0.667. The molecule has 5 N–H and O–H groups in total. The lowest BCUT2D eigenvalue weighted by Gasteiger charge is -2.22. The number of rotatable bonds is 6. The molecule has 9 heteroatoms. The van der Waals surface area contributed by atoms with Gasteiger partial charge in [-0.05, 0) is 19.8 Å². The molecule has 118 valence electrons. The van der Waals surface area contributed by atoms with Crippen molar-refractivity contribution in [2.45, 2.75) is 38.3 Å². The SMILES string of the molecule is CC(NC(=O)N[C@@H](CC(N)=O)C(=O)O)C(=O)N1CCCC1. The Morgan fingerprint density at radius 2 is 1.76 bits per heavy atom. The summed E-state index contributed by atoms with van der Waals surface area (Å²) in [7, 11) is 0. The second kappa shape index (κ2) is 7.46. The first-order valence-corrected chi connectivity index (χ1v) is 6.68. The number of primary amides is 1. The van der Waals surface area contributed by atoms with Gasteiger partial charge in [-0.25, -0.2) is 9.59 Å². The van der Waals surface area contributed by atoms with Gasteiger partial charge in [0.1, 0.15) is 12.1 Å². The molecule has 0 aromatic carbocycles. The van der Waals surface area contributed by atoms with E-state index in [4.69, 9.17) is 10.8 Å². The fourth-order valence-corrected chi connectivity index (χ4v) is 2.07. The number of urea groups is 1. The highest BCUT2D eigenvalue weighted by atomic mass is 16.4. The smallest absolute Gasteiger partial charge is 0.326 e. The second-order valence-corrected chi connectivity index (χ2v) is 4.93. The van der Waals surface area contributed by atoms with Crippen molar-refractivity contribution in [3.8, 4) is 0 Å². The number of nitrogens with two attached hydrogens (primary N) is 1. The summed E-state index contributed by atoms with van der Waals surface area (Å²) >= 11 is 0. The molecule has 0 radical (unpaired) electrons. The summed E-state index contributed by atoms with van der Waals surface area (Å²) in [6.07, 6.45) is 1.35. The molecule has 4 amide bonds. The zero-order valence-electron chi connectivity index (χ0n) is 11.8. The minimum absolute atomic E-state index is 0.218. The monoisotopic (exact) mass is 300 g/mol. The number of nitrogens with one attached hydrogen (secondary N) is 2. The van der Waals surface area contributed by atoms with Crippen LogP contribution in [-0.2, 0) is 14.4 Å². The highest BCUT2D eigenvalue weighted by Crippen LogP contribution is 2.08. The quantitative estimate of drug-likeness (QED) is 0.478. The van der Waals surface area contributed by atoms with Gasteiger partial charge in [-0.2, -0.15) is 0 Å². The van der Waals surface area contributed by atoms with Crippen LogP contribution in [0.1, 0.15) is 26.2 Å². The Morgan fingerprint density at radius 1 is 1.19 bits per heavy atom. The molecule has 1 unspecified atom stereocenters. The number of carboxylic acid groups (broad SMARTS) is 1. The maximum atomic E-state index is 12.0. The van der Waals surface area contributed by atoms with Gasteiger partial charge in [-0.1, -0.05) is 0 Å². The summed E-state index contributed by atoms with van der Waals surface area (Å²) in [5.41, 5.74) is 4.90. The number of nitrogens with zero attached hydrogens (tertiary/aromatic N) is 1. The third kappa shape index (κ3) is 5.28. The molecule has 0 aliphatic carbocycles. The Kier molecular flexibility index (Phi) is 5.94. The number of carbonyl (C=O) groups excluding carboxylic acids is 3. The Labute approximate surface area is 121 Å². The summed E-state index contributed by atoms with van der Waals surface area (Å²) in [5.74, 6) is -2.43. The summed E-state index contributed by atoms with van der Waals surface area (Å²) in [5, 5.41) is 13.3. The first kappa shape index (κ1) is 16.7. The largest absolute Gasteiger partial charge is 0.480 e. The zero-order valence-corrected chi connectivity index (χ0v) is 11.8. The van der Waals surface area contributed by atoms with Crippen molar-refractivity contribution in [1.29, 1.82) is 0 Å². The van der Waals surface area contributed by atoms with E-state index >= 15 is 0 Å². The van der Waals surface area contributed by atoms with E-state index in [0.717, 1.165) is 12.8 Å². The number of hydrogen-bond donors (Lipinski definition) is 4. The normalized spacial score (nSPS) is 16.9. The molecule has 1 heterocycles. The van der Waals surface area contributed by atoms with Gasteiger partial charge in [0.2, 0.25) is 11.8 Å². The number of hydrogen-bond acceptors (Lipinski definition) is 4. The van der Waals surface area contributed by atoms with Crippen LogP contribution >= 0.6 is 0 Å². The summed E-state index contributed by atoms with van der Waals surface area (Å²) < 4.78 is 0. The van der Waals surface area contributed by atoms with E-state index in [2.05, 4.69) is 10.6 Å². The molecule has 0 spiro atoms. The van der Waals surface area contributed by atoms with Gasteiger partial charge in [0, 0.05) is 13.1 Å². The Balaban J connectivity index is 2.48. The van der Waals surface area contributed by atoms with Crippen LogP contribution < -0.4 is 16.4 Å². The van der Waals surface area contributed by atoms with E-state index in [0.29, 0.717) is 13.1 Å². The summed E-state index contributed by atoms with van der Waals surface area (Å²) in [6.45, 7) is 2.84. The first-order valence-electron chi connectivity index (χ1n) is 6.68. The van der Waals surface area contributed by atoms with E-state index < -0.39 is 36.4 Å². The molecular formula is C12H20N4O5. The molecule has 0 aromatic heterocycles. The number of aliphatic carboxylic acids is 1. The van der Waals surface area contributed by atoms with Crippen molar-refractivity contribution in [3.05, 3.63) is 0 Å². The van der Waals surface area contributed by atoms with Crippen molar-refractivity contribution in [2.75, 3.05) is 13.1 Å². The van der Waals surface area contributed by atoms with Gasteiger partial charge in [0.15, 0.2) is 0 Å². The average molecular weight is 300 g/mol. The van der Waals surface area contributed by atoms with E-state index in [1.54, 1.807) is 4.90 Å². The number of amides is 4. The molecule has 2 atom stereocenters. The van der Waals surface area contributed by atoms with Crippen molar-refractivity contribution in [2.24, 2.45) is 5.73 Å². The van der Waals surface area contributed by atoms with Crippen molar-refractivity contribution in [3.63, 3.8) is 0 Å². The van der Waals surface area contributed by atoms with Crippen LogP contribution in [0.2, 0.25) is 0 Å². The maximum Gasteiger partial charge on any atom is 0.326 e. The van der Waals surface area contributed by atoms with E-state index in [1.807, 2.05) is 0 Å². The van der Waals surface area contributed by atoms with Crippen molar-refractivity contribution >= 4 is 23.8 Å². The van der Waals surface area contributed by atoms with Gasteiger partial charge in [0.05, 0.1) is 6.42 Å². The predicted octanol–water partition coefficient (Wildman–Crippen LogP) is -1.37. The minimum Gasteiger partial charge on any atom is -0.480 e. The molecule has 21 heavy (non-hydrogen) atoms. The number of carboxylic acids is 1. The molecule has 1 rings (SSSR count). The van der Waals surface area contributed by atoms with Crippen LogP contribution in [0.3, 0.4) is 0 Å². The highest BCUT2D eigenvalue weighted by molar-refractivity contribution is 5.90. The third-order valence-electron chi connectivity index (χ3n) is 3.14. The van der Waals surface area contributed by atoms with Crippen molar-refractivity contribution < 1.29 is 24.3 Å². The predicted molar refractivity (Wildman–Crippen MR) is 72.2 cm³/mol. The maximum absolute atomic E-state index is 12.0. The first-order chi connectivity index (χ1) is 9.81. The minimum atomic E-state index is -1.42. The van der Waals surface area contributed by atoms with Crippen LogP contribution in [0.5, 0.6) is 0 Å². The summed E-state index contributed by atoms with van der Waals surface area (Å²) in [4.78, 5) is 46.9. The zero-order chi connectivity index (χ0) is 16.0. The average Bonchev–Trinajstić information content (AvgIpc) is 2.89. The topological polar surface area (TPSA) is 142 Å². The molecule has 0 saturated carbocycles. The van der Waals surface area contributed by atoms with Gasteiger partial charge in [-0.3, -0.25) is 9.59 Å². The lowest BCUT2D eigenvalue weighted by atomic mass is 10.2. The standard InChI is InChI=1S/C12H20N4O5/c1-7(10(18)16-4-2-3-5-16)14-12(21)15-8(11(19)20)6-9(13)17/h7-8H,2-6H2,1H3,(H2,13,17)(H,19,20)(H2,14,15,21)/t7?,8-/m0/s1. The van der Waals surface area contributed by atoms with Gasteiger partial charge < -0.3 is 26.4 Å². The van der Waals surface area contributed by atoms with Gasteiger partial charge in [-0.15, -0.1) is 0 Å². The van der Waals surface area contributed by atoms with E-state index in [-0.39, 0.29) is 5.91 Å². The van der Waals surface area contributed by atoms with E-state index in [9.17, 15) is 19.2 Å². The summed E-state index contributed by atoms with van der Waals surface area (Å²) in [6, 6.07) is -3.02. The van der Waals surface area contributed by atoms with Crippen molar-refractivity contribution in [1.82, 2.24) is 15.5 Å². The fourth-order valence-electron chi connectivity index (χ4n) is 2.07. The molecule has 1 fully saturated rings. The van der Waals surface area contributed by atoms with E-state index in [1.165, 1.54) is 6.92 Å². The van der Waals surface area contributed by atoms with Crippen LogP contribution in [0, 0.1) is 0 Å². The molecule has 1 aliphatic rings. The molecule has 1 saturated heterocycles. The Bertz CT molecular complexity index is 433. The number of carbonyl (C=O) groups is 4. The molecule has 0 aromatic rings. The molecule has 9 nitrogen and oxygen atoms in total. The van der Waals surface area contributed by atoms with Crippen LogP contribution in [0.25, 0.3) is 0 Å². The second-order valence-electron chi connectivity index (χ2n) is 4.93. The van der Waals surface area contributed by atoms with Gasteiger partial charge in [0.25, 0.3) is 0 Å². The van der Waals surface area contributed by atoms with Crippen LogP contribution in [-0.4, -0.2) is 59.0 Å². The molecular weight excluding hydrogens is 280 g/mol.